The van der Waals surface area contributed by atoms with Crippen LogP contribution in [0, 0.1) is 5.92 Å². The Labute approximate surface area is 115 Å². The van der Waals surface area contributed by atoms with Crippen LogP contribution in [0.25, 0.3) is 0 Å². The predicted molar refractivity (Wildman–Crippen MR) is 79.3 cm³/mol. The van der Waals surface area contributed by atoms with Crippen molar-refractivity contribution in [3.05, 3.63) is 0 Å². The first-order valence-corrected chi connectivity index (χ1v) is 9.12. The molecule has 2 fully saturated rings. The van der Waals surface area contributed by atoms with Gasteiger partial charge in [0.2, 0.25) is 0 Å². The predicted octanol–water partition coefficient (Wildman–Crippen LogP) is 3.23. The van der Waals surface area contributed by atoms with Gasteiger partial charge in [0.05, 0.1) is 5.25 Å². The van der Waals surface area contributed by atoms with Crippen molar-refractivity contribution in [2.24, 2.45) is 5.92 Å². The van der Waals surface area contributed by atoms with Crippen molar-refractivity contribution in [3.63, 3.8) is 0 Å². The van der Waals surface area contributed by atoms with Crippen LogP contribution in [0.3, 0.4) is 0 Å². The van der Waals surface area contributed by atoms with Gasteiger partial charge in [-0.3, -0.25) is 4.21 Å². The van der Waals surface area contributed by atoms with E-state index in [-0.39, 0.29) is 0 Å². The van der Waals surface area contributed by atoms with Gasteiger partial charge in [-0.2, -0.15) is 0 Å². The van der Waals surface area contributed by atoms with Gasteiger partial charge in [0.25, 0.3) is 0 Å². The van der Waals surface area contributed by atoms with E-state index in [0.29, 0.717) is 16.5 Å². The maximum Gasteiger partial charge on any atom is 0.0506 e. The molecule has 106 valence electrons. The zero-order valence-corrected chi connectivity index (χ0v) is 12.8. The second-order valence-electron chi connectivity index (χ2n) is 6.21. The third kappa shape index (κ3) is 3.57. The fraction of sp³-hybridized carbons (Fsp3) is 1.00. The lowest BCUT2D eigenvalue weighted by atomic mass is 9.87. The van der Waals surface area contributed by atoms with Gasteiger partial charge in [0.15, 0.2) is 0 Å². The molecule has 4 unspecified atom stereocenters. The smallest absolute Gasteiger partial charge is 0.0506 e. The first-order valence-electron chi connectivity index (χ1n) is 7.85. The summed E-state index contributed by atoms with van der Waals surface area (Å²) in [5, 5.41) is 4.49. The first-order chi connectivity index (χ1) is 8.72. The van der Waals surface area contributed by atoms with Gasteiger partial charge in [-0.25, -0.2) is 0 Å². The molecule has 0 saturated heterocycles. The lowest BCUT2D eigenvalue weighted by Gasteiger charge is -2.37. The van der Waals surface area contributed by atoms with Gasteiger partial charge in [0.1, 0.15) is 0 Å². The summed E-state index contributed by atoms with van der Waals surface area (Å²) in [6.45, 7) is 5.50. The van der Waals surface area contributed by atoms with Crippen molar-refractivity contribution in [2.75, 3.05) is 6.54 Å². The molecular weight excluding hydrogens is 242 g/mol. The minimum Gasteiger partial charge on any atom is -0.313 e. The SMILES string of the molecule is CCNC1CCC(C)CC1S(=O)C1CCCCC1. The van der Waals surface area contributed by atoms with Gasteiger partial charge in [-0.1, -0.05) is 33.1 Å². The quantitative estimate of drug-likeness (QED) is 0.850. The van der Waals surface area contributed by atoms with Crippen LogP contribution in [0.1, 0.15) is 65.2 Å². The van der Waals surface area contributed by atoms with E-state index in [1.165, 1.54) is 51.4 Å². The molecule has 3 heteroatoms. The molecule has 4 atom stereocenters. The van der Waals surface area contributed by atoms with E-state index in [1.807, 2.05) is 0 Å². The monoisotopic (exact) mass is 271 g/mol. The molecule has 2 nitrogen and oxygen atoms in total. The third-order valence-electron chi connectivity index (χ3n) is 4.70. The molecule has 2 saturated carbocycles. The third-order valence-corrected chi connectivity index (χ3v) is 6.95. The highest BCUT2D eigenvalue weighted by molar-refractivity contribution is 7.86. The molecule has 2 aliphatic carbocycles. The summed E-state index contributed by atoms with van der Waals surface area (Å²) >= 11 is 0. The standard InChI is InChI=1S/C15H29NOS/c1-3-16-14-10-9-12(2)11-15(14)18(17)13-7-5-4-6-8-13/h12-16H,3-11H2,1-2H3. The number of rotatable bonds is 4. The molecule has 0 aromatic carbocycles. The van der Waals surface area contributed by atoms with Crippen molar-refractivity contribution < 1.29 is 4.21 Å². The lowest BCUT2D eigenvalue weighted by Crippen LogP contribution is -2.48. The van der Waals surface area contributed by atoms with Crippen LogP contribution < -0.4 is 5.32 Å². The minimum atomic E-state index is -0.608. The molecule has 2 rings (SSSR count). The van der Waals surface area contributed by atoms with E-state index in [2.05, 4.69) is 19.2 Å². The molecule has 18 heavy (non-hydrogen) atoms. The summed E-state index contributed by atoms with van der Waals surface area (Å²) in [6.07, 6.45) is 10.0. The summed E-state index contributed by atoms with van der Waals surface area (Å²) in [7, 11) is -0.608. The summed E-state index contributed by atoms with van der Waals surface area (Å²) < 4.78 is 12.9. The summed E-state index contributed by atoms with van der Waals surface area (Å²) in [6, 6.07) is 0.508. The molecule has 0 radical (unpaired) electrons. The van der Waals surface area contributed by atoms with Crippen LogP contribution in [-0.2, 0) is 10.8 Å². The minimum absolute atomic E-state index is 0.414. The number of hydrogen-bond acceptors (Lipinski definition) is 2. The second kappa shape index (κ2) is 7.04. The molecule has 0 amide bonds. The van der Waals surface area contributed by atoms with Crippen molar-refractivity contribution in [1.29, 1.82) is 0 Å². The topological polar surface area (TPSA) is 29.1 Å². The summed E-state index contributed by atoms with van der Waals surface area (Å²) in [4.78, 5) is 0. The maximum atomic E-state index is 12.9. The van der Waals surface area contributed by atoms with Gasteiger partial charge in [-0.05, 0) is 44.6 Å². The fourth-order valence-electron chi connectivity index (χ4n) is 3.63. The molecule has 2 aliphatic rings. The zero-order valence-electron chi connectivity index (χ0n) is 12.0. The fourth-order valence-corrected chi connectivity index (χ4v) is 5.99. The number of nitrogens with one attached hydrogen (secondary N) is 1. The van der Waals surface area contributed by atoms with Gasteiger partial charge in [0, 0.05) is 22.1 Å². The average molecular weight is 271 g/mol. The highest BCUT2D eigenvalue weighted by Gasteiger charge is 2.35. The molecule has 0 heterocycles. The zero-order chi connectivity index (χ0) is 13.0. The molecule has 0 spiro atoms. The van der Waals surface area contributed by atoms with Gasteiger partial charge >= 0.3 is 0 Å². The summed E-state index contributed by atoms with van der Waals surface area (Å²) in [5.74, 6) is 0.762. The Morgan fingerprint density at radius 1 is 1.11 bits per heavy atom. The largest absolute Gasteiger partial charge is 0.313 e. The van der Waals surface area contributed by atoms with E-state index in [1.54, 1.807) is 0 Å². The van der Waals surface area contributed by atoms with Crippen molar-refractivity contribution >= 4 is 10.8 Å². The molecule has 0 aromatic rings. The Morgan fingerprint density at radius 3 is 2.50 bits per heavy atom. The normalized spacial score (nSPS) is 36.4. The van der Waals surface area contributed by atoms with Gasteiger partial charge < -0.3 is 5.32 Å². The van der Waals surface area contributed by atoms with Crippen LogP contribution >= 0.6 is 0 Å². The van der Waals surface area contributed by atoms with Crippen molar-refractivity contribution in [1.82, 2.24) is 5.32 Å². The number of hydrogen-bond donors (Lipinski definition) is 1. The second-order valence-corrected chi connectivity index (χ2v) is 8.14. The molecule has 1 N–H and O–H groups in total. The van der Waals surface area contributed by atoms with E-state index in [0.717, 1.165) is 12.5 Å². The Hall–Kier alpha value is 0.110. The van der Waals surface area contributed by atoms with Crippen molar-refractivity contribution in [2.45, 2.75) is 81.8 Å². The van der Waals surface area contributed by atoms with Crippen LogP contribution in [0.2, 0.25) is 0 Å². The molecule has 0 aliphatic heterocycles. The van der Waals surface area contributed by atoms with E-state index >= 15 is 0 Å². The van der Waals surface area contributed by atoms with E-state index < -0.39 is 10.8 Å². The van der Waals surface area contributed by atoms with E-state index in [9.17, 15) is 4.21 Å². The Bertz CT molecular complexity index is 276. The van der Waals surface area contributed by atoms with Crippen LogP contribution in [0.4, 0.5) is 0 Å². The Morgan fingerprint density at radius 2 is 1.83 bits per heavy atom. The average Bonchev–Trinajstić information content (AvgIpc) is 2.41. The Balaban J connectivity index is 1.99. The Kier molecular flexibility index (Phi) is 5.68. The molecule has 0 aromatic heterocycles. The highest BCUT2D eigenvalue weighted by Crippen LogP contribution is 2.32. The highest BCUT2D eigenvalue weighted by atomic mass is 32.2. The molecular formula is C15H29NOS. The maximum absolute atomic E-state index is 12.9. The van der Waals surface area contributed by atoms with Gasteiger partial charge in [-0.15, -0.1) is 0 Å². The van der Waals surface area contributed by atoms with Crippen LogP contribution in [0.15, 0.2) is 0 Å². The first kappa shape index (κ1) is 14.5. The summed E-state index contributed by atoms with van der Waals surface area (Å²) in [5.41, 5.74) is 0. The van der Waals surface area contributed by atoms with Crippen LogP contribution in [-0.4, -0.2) is 27.3 Å². The lowest BCUT2D eigenvalue weighted by molar-refractivity contribution is 0.314. The van der Waals surface area contributed by atoms with Crippen LogP contribution in [0.5, 0.6) is 0 Å². The van der Waals surface area contributed by atoms with E-state index in [4.69, 9.17) is 0 Å². The van der Waals surface area contributed by atoms with Crippen molar-refractivity contribution in [3.8, 4) is 0 Å². The molecule has 0 bridgehead atoms.